The molecular weight excluding hydrogens is 364 g/mol. The van der Waals surface area contributed by atoms with Gasteiger partial charge in [-0.2, -0.15) is 15.0 Å². The lowest BCUT2D eigenvalue weighted by atomic mass is 10.2. The lowest BCUT2D eigenvalue weighted by Crippen LogP contribution is -2.07. The molecule has 3 aromatic carbocycles. The van der Waals surface area contributed by atoms with Crippen molar-refractivity contribution >= 4 is 34.9 Å². The van der Waals surface area contributed by atoms with Crippen LogP contribution in [-0.2, 0) is 0 Å². The molecule has 7 nitrogen and oxygen atoms in total. The van der Waals surface area contributed by atoms with Crippen LogP contribution < -0.4 is 16.0 Å². The number of para-hydroxylation sites is 2. The Morgan fingerprint density at radius 2 is 1.10 bits per heavy atom. The van der Waals surface area contributed by atoms with Gasteiger partial charge in [-0.1, -0.05) is 36.4 Å². The van der Waals surface area contributed by atoms with Crippen molar-refractivity contribution in [1.29, 1.82) is 0 Å². The number of phenols is 1. The molecular formula is C22H20N6O. The Kier molecular flexibility index (Phi) is 5.20. The van der Waals surface area contributed by atoms with E-state index >= 15 is 0 Å². The van der Waals surface area contributed by atoms with Gasteiger partial charge in [-0.25, -0.2) is 0 Å². The molecule has 0 unspecified atom stereocenters. The fraction of sp³-hybridized carbons (Fsp3) is 0.0455. The number of hydrogen-bond donors (Lipinski definition) is 4. The fourth-order valence-electron chi connectivity index (χ4n) is 2.75. The van der Waals surface area contributed by atoms with Gasteiger partial charge in [0, 0.05) is 17.1 Å². The van der Waals surface area contributed by atoms with Crippen molar-refractivity contribution in [1.82, 2.24) is 15.0 Å². The summed E-state index contributed by atoms with van der Waals surface area (Å²) in [5.41, 5.74) is 3.41. The first-order valence-corrected chi connectivity index (χ1v) is 9.12. The van der Waals surface area contributed by atoms with Gasteiger partial charge in [0.2, 0.25) is 17.8 Å². The van der Waals surface area contributed by atoms with Crippen LogP contribution in [0.1, 0.15) is 5.56 Å². The third kappa shape index (κ3) is 4.78. The van der Waals surface area contributed by atoms with Crippen LogP contribution in [0.25, 0.3) is 0 Å². The second-order valence-corrected chi connectivity index (χ2v) is 6.41. The maximum atomic E-state index is 9.63. The number of nitrogens with zero attached hydrogens (tertiary/aromatic N) is 3. The molecule has 0 saturated heterocycles. The zero-order chi connectivity index (χ0) is 20.1. The minimum absolute atomic E-state index is 0.210. The van der Waals surface area contributed by atoms with Crippen LogP contribution in [0.5, 0.6) is 5.75 Å². The summed E-state index contributed by atoms with van der Waals surface area (Å²) in [5, 5.41) is 19.2. The van der Waals surface area contributed by atoms with Gasteiger partial charge >= 0.3 is 0 Å². The molecule has 0 atom stereocenters. The number of aryl methyl sites for hydroxylation is 1. The molecule has 29 heavy (non-hydrogen) atoms. The molecule has 0 fully saturated rings. The summed E-state index contributed by atoms with van der Waals surface area (Å²) in [4.78, 5) is 13.4. The number of aromatic nitrogens is 3. The van der Waals surface area contributed by atoms with Crippen molar-refractivity contribution in [3.8, 4) is 5.75 Å². The molecule has 0 saturated carbocycles. The number of benzene rings is 3. The van der Waals surface area contributed by atoms with E-state index in [0.29, 0.717) is 17.8 Å². The molecule has 144 valence electrons. The third-order valence-corrected chi connectivity index (χ3v) is 4.15. The highest BCUT2D eigenvalue weighted by molar-refractivity contribution is 5.64. The highest BCUT2D eigenvalue weighted by atomic mass is 16.3. The van der Waals surface area contributed by atoms with E-state index in [1.807, 2.05) is 67.6 Å². The quantitative estimate of drug-likeness (QED) is 0.343. The Hall–Kier alpha value is -4.13. The highest BCUT2D eigenvalue weighted by Crippen LogP contribution is 2.24. The van der Waals surface area contributed by atoms with E-state index < -0.39 is 0 Å². The van der Waals surface area contributed by atoms with Gasteiger partial charge in [-0.15, -0.1) is 0 Å². The largest absolute Gasteiger partial charge is 0.508 e. The average Bonchev–Trinajstić information content (AvgIpc) is 2.71. The number of anilines is 6. The van der Waals surface area contributed by atoms with Crippen molar-refractivity contribution in [2.45, 2.75) is 6.92 Å². The third-order valence-electron chi connectivity index (χ3n) is 4.15. The topological polar surface area (TPSA) is 95.0 Å². The Balaban J connectivity index is 1.66. The SMILES string of the molecule is Cc1cc(O)ccc1Nc1nc(Nc2ccccc2)nc(Nc2ccccc2)n1. The van der Waals surface area contributed by atoms with E-state index in [9.17, 15) is 5.11 Å². The smallest absolute Gasteiger partial charge is 0.233 e. The van der Waals surface area contributed by atoms with Gasteiger partial charge in [0.25, 0.3) is 0 Å². The molecule has 0 radical (unpaired) electrons. The summed E-state index contributed by atoms with van der Waals surface area (Å²) in [6.45, 7) is 1.90. The summed E-state index contributed by atoms with van der Waals surface area (Å²) >= 11 is 0. The minimum Gasteiger partial charge on any atom is -0.508 e. The van der Waals surface area contributed by atoms with Crippen LogP contribution in [-0.4, -0.2) is 20.1 Å². The average molecular weight is 384 g/mol. The Morgan fingerprint density at radius 3 is 1.59 bits per heavy atom. The molecule has 1 heterocycles. The van der Waals surface area contributed by atoms with Crippen molar-refractivity contribution in [3.05, 3.63) is 84.4 Å². The maximum Gasteiger partial charge on any atom is 0.233 e. The van der Waals surface area contributed by atoms with Gasteiger partial charge in [0.15, 0.2) is 0 Å². The molecule has 0 aliphatic carbocycles. The van der Waals surface area contributed by atoms with Gasteiger partial charge in [-0.05, 0) is 55.0 Å². The van der Waals surface area contributed by atoms with Gasteiger partial charge < -0.3 is 21.1 Å². The van der Waals surface area contributed by atoms with E-state index in [0.717, 1.165) is 22.6 Å². The van der Waals surface area contributed by atoms with E-state index in [2.05, 4.69) is 30.9 Å². The van der Waals surface area contributed by atoms with Crippen LogP contribution >= 0.6 is 0 Å². The van der Waals surface area contributed by atoms with E-state index in [1.165, 1.54) is 0 Å². The zero-order valence-electron chi connectivity index (χ0n) is 15.8. The molecule has 0 amide bonds. The molecule has 4 rings (SSSR count). The van der Waals surface area contributed by atoms with Crippen molar-refractivity contribution < 1.29 is 5.11 Å². The van der Waals surface area contributed by atoms with E-state index in [1.54, 1.807) is 18.2 Å². The fourth-order valence-corrected chi connectivity index (χ4v) is 2.75. The Morgan fingerprint density at radius 1 is 0.621 bits per heavy atom. The van der Waals surface area contributed by atoms with Crippen molar-refractivity contribution in [2.24, 2.45) is 0 Å². The summed E-state index contributed by atoms with van der Waals surface area (Å²) < 4.78 is 0. The summed E-state index contributed by atoms with van der Waals surface area (Å²) in [6.07, 6.45) is 0. The minimum atomic E-state index is 0.210. The van der Waals surface area contributed by atoms with Crippen LogP contribution in [0, 0.1) is 6.92 Å². The van der Waals surface area contributed by atoms with Crippen LogP contribution in [0.3, 0.4) is 0 Å². The highest BCUT2D eigenvalue weighted by Gasteiger charge is 2.09. The summed E-state index contributed by atoms with van der Waals surface area (Å²) in [7, 11) is 0. The monoisotopic (exact) mass is 384 g/mol. The van der Waals surface area contributed by atoms with Crippen molar-refractivity contribution in [3.63, 3.8) is 0 Å². The molecule has 1 aromatic heterocycles. The Labute approximate surface area is 168 Å². The molecule has 0 bridgehead atoms. The van der Waals surface area contributed by atoms with E-state index in [-0.39, 0.29) is 5.75 Å². The lowest BCUT2D eigenvalue weighted by Gasteiger charge is -2.12. The standard InChI is InChI=1S/C22H20N6O/c1-15-14-18(29)12-13-19(15)25-22-27-20(23-16-8-4-2-5-9-16)26-21(28-22)24-17-10-6-3-7-11-17/h2-14,29H,1H3,(H3,23,24,25,26,27,28). The first-order chi connectivity index (χ1) is 14.2. The van der Waals surface area contributed by atoms with Crippen LogP contribution in [0.2, 0.25) is 0 Å². The lowest BCUT2D eigenvalue weighted by molar-refractivity contribution is 0.475. The van der Waals surface area contributed by atoms with Gasteiger partial charge in [-0.3, -0.25) is 0 Å². The van der Waals surface area contributed by atoms with Gasteiger partial charge in [0.05, 0.1) is 0 Å². The summed E-state index contributed by atoms with van der Waals surface area (Å²) in [5.74, 6) is 1.40. The zero-order valence-corrected chi connectivity index (χ0v) is 15.8. The van der Waals surface area contributed by atoms with Crippen LogP contribution in [0.4, 0.5) is 34.9 Å². The molecule has 7 heteroatoms. The predicted octanol–water partition coefficient (Wildman–Crippen LogP) is 5.12. The van der Waals surface area contributed by atoms with E-state index in [4.69, 9.17) is 0 Å². The predicted molar refractivity (Wildman–Crippen MR) is 115 cm³/mol. The Bertz CT molecular complexity index is 1040. The number of hydrogen-bond acceptors (Lipinski definition) is 7. The second kappa shape index (κ2) is 8.26. The summed E-state index contributed by atoms with van der Waals surface area (Å²) in [6, 6.07) is 24.5. The first kappa shape index (κ1) is 18.2. The van der Waals surface area contributed by atoms with Crippen LogP contribution in [0.15, 0.2) is 78.9 Å². The van der Waals surface area contributed by atoms with Gasteiger partial charge in [0.1, 0.15) is 5.75 Å². The molecule has 4 aromatic rings. The first-order valence-electron chi connectivity index (χ1n) is 9.12. The molecule has 0 spiro atoms. The molecule has 4 N–H and O–H groups in total. The molecule has 0 aliphatic heterocycles. The second-order valence-electron chi connectivity index (χ2n) is 6.41. The number of nitrogens with one attached hydrogen (secondary N) is 3. The molecule has 0 aliphatic rings. The normalized spacial score (nSPS) is 10.4. The maximum absolute atomic E-state index is 9.63. The number of phenolic OH excluding ortho intramolecular Hbond substituents is 1. The number of rotatable bonds is 6. The number of aromatic hydroxyl groups is 1. The van der Waals surface area contributed by atoms with Crippen molar-refractivity contribution in [2.75, 3.05) is 16.0 Å².